The lowest BCUT2D eigenvalue weighted by Crippen LogP contribution is -2.35. The van der Waals surface area contributed by atoms with Gasteiger partial charge >= 0.3 is 0 Å². The lowest BCUT2D eigenvalue weighted by atomic mass is 10.3. The summed E-state index contributed by atoms with van der Waals surface area (Å²) < 4.78 is 11.9. The molecule has 18 heavy (non-hydrogen) atoms. The molecule has 1 aromatic rings. The summed E-state index contributed by atoms with van der Waals surface area (Å²) in [6.45, 7) is 8.64. The highest BCUT2D eigenvalue weighted by molar-refractivity contribution is 6.57. The number of nitrogen functional groups attached to an aromatic ring is 1. The normalized spacial score (nSPS) is 14.4. The first kappa shape index (κ1) is 15.0. The SMILES string of the molecule is CC=C(C)[SiH2]OC(Oc1ccc(N)cc1)[SiH](C)C. The fraction of sp³-hybridized carbons (Fsp3) is 0.385. The van der Waals surface area contributed by atoms with E-state index in [1.54, 1.807) is 0 Å². The molecule has 2 N–H and O–H groups in total. The highest BCUT2D eigenvalue weighted by Gasteiger charge is 2.16. The highest BCUT2D eigenvalue weighted by Crippen LogP contribution is 2.16. The van der Waals surface area contributed by atoms with E-state index >= 15 is 0 Å². The molecule has 5 heteroatoms. The van der Waals surface area contributed by atoms with Crippen molar-refractivity contribution in [1.29, 1.82) is 0 Å². The number of benzene rings is 1. The van der Waals surface area contributed by atoms with Crippen LogP contribution in [-0.2, 0) is 4.43 Å². The molecular formula is C13H23NO2Si2. The summed E-state index contributed by atoms with van der Waals surface area (Å²) in [6.07, 6.45) is 2.12. The maximum Gasteiger partial charge on any atom is 0.192 e. The van der Waals surface area contributed by atoms with Gasteiger partial charge in [0, 0.05) is 5.69 Å². The van der Waals surface area contributed by atoms with Crippen LogP contribution in [0, 0.1) is 0 Å². The monoisotopic (exact) mass is 281 g/mol. The highest BCUT2D eigenvalue weighted by atomic mass is 28.3. The van der Waals surface area contributed by atoms with Crippen LogP contribution in [0.4, 0.5) is 5.69 Å². The first-order chi connectivity index (χ1) is 8.52. The average molecular weight is 282 g/mol. The van der Waals surface area contributed by atoms with Crippen LogP contribution in [-0.4, -0.2) is 24.5 Å². The Morgan fingerprint density at radius 2 is 1.94 bits per heavy atom. The van der Waals surface area contributed by atoms with Gasteiger partial charge in [0.15, 0.2) is 15.7 Å². The van der Waals surface area contributed by atoms with Crippen LogP contribution in [0.2, 0.25) is 13.1 Å². The molecule has 1 rings (SSSR count). The minimum atomic E-state index is -1.01. The van der Waals surface area contributed by atoms with Crippen molar-refractivity contribution in [2.24, 2.45) is 0 Å². The van der Waals surface area contributed by atoms with Crippen molar-refractivity contribution in [3.05, 3.63) is 35.5 Å². The second kappa shape index (κ2) is 7.40. The summed E-state index contributed by atoms with van der Waals surface area (Å²) in [5.74, 6) is 0.790. The Balaban J connectivity index is 2.60. The van der Waals surface area contributed by atoms with E-state index in [1.807, 2.05) is 31.2 Å². The topological polar surface area (TPSA) is 44.5 Å². The molecule has 0 aliphatic rings. The largest absolute Gasteiger partial charge is 0.470 e. The summed E-state index contributed by atoms with van der Waals surface area (Å²) in [5.41, 5.74) is 6.41. The van der Waals surface area contributed by atoms with Crippen molar-refractivity contribution in [1.82, 2.24) is 0 Å². The fourth-order valence-electron chi connectivity index (χ4n) is 1.34. The van der Waals surface area contributed by atoms with E-state index in [-0.39, 0.29) is 5.91 Å². The molecule has 0 fully saturated rings. The van der Waals surface area contributed by atoms with Crippen LogP contribution in [0.3, 0.4) is 0 Å². The predicted molar refractivity (Wildman–Crippen MR) is 83.2 cm³/mol. The molecule has 0 amide bonds. The molecule has 0 aliphatic heterocycles. The van der Waals surface area contributed by atoms with Crippen molar-refractivity contribution in [3.8, 4) is 5.75 Å². The summed E-state index contributed by atoms with van der Waals surface area (Å²) in [7, 11) is -1.64. The number of nitrogens with two attached hydrogens (primary N) is 1. The lowest BCUT2D eigenvalue weighted by molar-refractivity contribution is 0.0755. The molecule has 0 saturated carbocycles. The van der Waals surface area contributed by atoms with Crippen LogP contribution in [0.1, 0.15) is 13.8 Å². The lowest BCUT2D eigenvalue weighted by Gasteiger charge is -2.23. The summed E-state index contributed by atoms with van der Waals surface area (Å²) in [5, 5.41) is 1.36. The molecule has 100 valence electrons. The van der Waals surface area contributed by atoms with Gasteiger partial charge in [0.25, 0.3) is 0 Å². The zero-order valence-electron chi connectivity index (χ0n) is 11.6. The van der Waals surface area contributed by atoms with E-state index in [9.17, 15) is 0 Å². The van der Waals surface area contributed by atoms with Gasteiger partial charge < -0.3 is 14.9 Å². The molecule has 0 heterocycles. The Kier molecular flexibility index (Phi) is 6.17. The van der Waals surface area contributed by atoms with E-state index in [0.717, 1.165) is 11.4 Å². The first-order valence-electron chi connectivity index (χ1n) is 6.28. The van der Waals surface area contributed by atoms with E-state index in [2.05, 4.69) is 26.1 Å². The van der Waals surface area contributed by atoms with Crippen molar-refractivity contribution in [2.45, 2.75) is 32.9 Å². The smallest absolute Gasteiger partial charge is 0.192 e. The second-order valence-electron chi connectivity index (χ2n) is 4.75. The summed E-state index contributed by atoms with van der Waals surface area (Å²) in [4.78, 5) is 0. The quantitative estimate of drug-likeness (QED) is 0.493. The molecule has 0 spiro atoms. The molecule has 1 unspecified atom stereocenters. The second-order valence-corrected chi connectivity index (χ2v) is 9.52. The Bertz CT molecular complexity index is 390. The van der Waals surface area contributed by atoms with Gasteiger partial charge in [-0.3, -0.25) is 0 Å². The van der Waals surface area contributed by atoms with Crippen LogP contribution in [0.5, 0.6) is 5.75 Å². The molecule has 0 bridgehead atoms. The number of hydrogen-bond acceptors (Lipinski definition) is 3. The predicted octanol–water partition coefficient (Wildman–Crippen LogP) is 2.02. The third kappa shape index (κ3) is 5.07. The third-order valence-corrected chi connectivity index (χ3v) is 5.81. The number of anilines is 1. The van der Waals surface area contributed by atoms with Crippen molar-refractivity contribution in [2.75, 3.05) is 5.73 Å². The molecule has 1 aromatic carbocycles. The number of ether oxygens (including phenoxy) is 1. The molecule has 0 aromatic heterocycles. The van der Waals surface area contributed by atoms with Gasteiger partial charge in [-0.05, 0) is 38.1 Å². The molecule has 1 atom stereocenters. The van der Waals surface area contributed by atoms with Crippen molar-refractivity contribution in [3.63, 3.8) is 0 Å². The van der Waals surface area contributed by atoms with Gasteiger partial charge in [-0.2, -0.15) is 0 Å². The number of rotatable bonds is 6. The van der Waals surface area contributed by atoms with Crippen molar-refractivity contribution < 1.29 is 9.16 Å². The molecule has 0 saturated heterocycles. The fourth-order valence-corrected chi connectivity index (χ4v) is 4.26. The Morgan fingerprint density at radius 1 is 1.33 bits per heavy atom. The van der Waals surface area contributed by atoms with E-state index in [4.69, 9.17) is 14.9 Å². The van der Waals surface area contributed by atoms with Crippen LogP contribution >= 0.6 is 0 Å². The Morgan fingerprint density at radius 3 is 2.44 bits per heavy atom. The van der Waals surface area contributed by atoms with Crippen LogP contribution < -0.4 is 10.5 Å². The van der Waals surface area contributed by atoms with Gasteiger partial charge in [-0.1, -0.05) is 24.4 Å². The first-order valence-corrected chi connectivity index (χ1v) is 10.5. The Labute approximate surface area is 114 Å². The standard InChI is InChI=1S/C13H23NO2Si2/c1-5-10(2)17-16-13(18(3)4)15-12-8-6-11(14)7-9-12/h5-9,13,18H,14,17H2,1-4H3. The molecule has 0 aliphatic carbocycles. The third-order valence-electron chi connectivity index (χ3n) is 2.64. The molecular weight excluding hydrogens is 258 g/mol. The molecule has 3 nitrogen and oxygen atoms in total. The molecule has 0 radical (unpaired) electrons. The maximum absolute atomic E-state index is 5.97. The number of hydrogen-bond donors (Lipinski definition) is 1. The van der Waals surface area contributed by atoms with Gasteiger partial charge in [0.1, 0.15) is 14.5 Å². The van der Waals surface area contributed by atoms with E-state index in [1.165, 1.54) is 5.20 Å². The van der Waals surface area contributed by atoms with Gasteiger partial charge in [-0.25, -0.2) is 0 Å². The zero-order valence-corrected chi connectivity index (χ0v) is 14.2. The Hall–Kier alpha value is -1.05. The van der Waals surface area contributed by atoms with Crippen LogP contribution in [0.25, 0.3) is 0 Å². The van der Waals surface area contributed by atoms with Gasteiger partial charge in [0.2, 0.25) is 0 Å². The van der Waals surface area contributed by atoms with Crippen molar-refractivity contribution >= 4 is 24.2 Å². The maximum atomic E-state index is 5.97. The average Bonchev–Trinajstić information content (AvgIpc) is 2.35. The van der Waals surface area contributed by atoms with Gasteiger partial charge in [0.05, 0.1) is 0 Å². The minimum absolute atomic E-state index is 0.0461. The number of allylic oxidation sites excluding steroid dienone is 2. The van der Waals surface area contributed by atoms with Crippen LogP contribution in [0.15, 0.2) is 35.5 Å². The van der Waals surface area contributed by atoms with Gasteiger partial charge in [-0.15, -0.1) is 0 Å². The summed E-state index contributed by atoms with van der Waals surface area (Å²) >= 11 is 0. The van der Waals surface area contributed by atoms with E-state index < -0.39 is 18.6 Å². The van der Waals surface area contributed by atoms with E-state index in [0.29, 0.717) is 0 Å². The zero-order chi connectivity index (χ0) is 13.5. The summed E-state index contributed by atoms with van der Waals surface area (Å²) in [6, 6.07) is 7.49. The minimum Gasteiger partial charge on any atom is -0.470 e.